The van der Waals surface area contributed by atoms with Crippen LogP contribution in [-0.2, 0) is 11.3 Å². The van der Waals surface area contributed by atoms with Gasteiger partial charge >= 0.3 is 5.97 Å². The number of hydrogen-bond acceptors (Lipinski definition) is 3. The van der Waals surface area contributed by atoms with E-state index >= 15 is 0 Å². The molecule has 0 aliphatic carbocycles. The molecule has 5 heteroatoms. The smallest absolute Gasteiger partial charge is 0.305 e. The standard InChI is InChI=1S/C14H16N2O3/c1-10(17)11-3-2-4-12(7-11)13-8-15-16(9-13)6-5-14(18)19/h2-4,7-10,17H,5-6H2,1H3,(H,18,19)/t10-/m1/s1. The summed E-state index contributed by atoms with van der Waals surface area (Å²) in [6, 6.07) is 7.59. The molecule has 2 aromatic rings. The van der Waals surface area contributed by atoms with Crippen molar-refractivity contribution in [2.24, 2.45) is 0 Å². The molecule has 1 aromatic heterocycles. The van der Waals surface area contributed by atoms with Crippen LogP contribution in [-0.4, -0.2) is 26.0 Å². The Morgan fingerprint density at radius 1 is 1.42 bits per heavy atom. The Kier molecular flexibility index (Phi) is 3.97. The van der Waals surface area contributed by atoms with Gasteiger partial charge in [-0.15, -0.1) is 0 Å². The summed E-state index contributed by atoms with van der Waals surface area (Å²) in [6.07, 6.45) is 3.05. The van der Waals surface area contributed by atoms with Crippen LogP contribution >= 0.6 is 0 Å². The van der Waals surface area contributed by atoms with Gasteiger partial charge in [-0.3, -0.25) is 9.48 Å². The lowest BCUT2D eigenvalue weighted by atomic mass is 10.0. The summed E-state index contributed by atoms with van der Waals surface area (Å²) >= 11 is 0. The van der Waals surface area contributed by atoms with Crippen molar-refractivity contribution in [3.63, 3.8) is 0 Å². The van der Waals surface area contributed by atoms with Crippen LogP contribution in [0.4, 0.5) is 0 Å². The van der Waals surface area contributed by atoms with Crippen molar-refractivity contribution in [3.8, 4) is 11.1 Å². The fourth-order valence-electron chi connectivity index (χ4n) is 1.82. The first-order valence-corrected chi connectivity index (χ1v) is 6.09. The van der Waals surface area contributed by atoms with Crippen molar-refractivity contribution >= 4 is 5.97 Å². The molecular formula is C14H16N2O3. The molecule has 1 heterocycles. The maximum absolute atomic E-state index is 10.5. The van der Waals surface area contributed by atoms with Crippen LogP contribution in [0.2, 0.25) is 0 Å². The van der Waals surface area contributed by atoms with Crippen molar-refractivity contribution in [1.82, 2.24) is 9.78 Å². The van der Waals surface area contributed by atoms with Gasteiger partial charge in [-0.1, -0.05) is 18.2 Å². The molecule has 0 saturated carbocycles. The van der Waals surface area contributed by atoms with Gasteiger partial charge in [0.2, 0.25) is 0 Å². The first-order valence-electron chi connectivity index (χ1n) is 6.09. The van der Waals surface area contributed by atoms with E-state index in [-0.39, 0.29) is 6.42 Å². The third-order valence-electron chi connectivity index (χ3n) is 2.89. The predicted molar refractivity (Wildman–Crippen MR) is 70.5 cm³/mol. The first kappa shape index (κ1) is 13.3. The molecule has 0 aliphatic heterocycles. The minimum absolute atomic E-state index is 0.0504. The molecule has 1 aromatic carbocycles. The second-order valence-electron chi connectivity index (χ2n) is 4.44. The first-order chi connectivity index (χ1) is 9.06. The summed E-state index contributed by atoms with van der Waals surface area (Å²) in [5, 5.41) is 22.3. The second-order valence-corrected chi connectivity index (χ2v) is 4.44. The second kappa shape index (κ2) is 5.67. The topological polar surface area (TPSA) is 75.4 Å². The zero-order chi connectivity index (χ0) is 13.8. The molecule has 100 valence electrons. The Labute approximate surface area is 111 Å². The Morgan fingerprint density at radius 3 is 2.89 bits per heavy atom. The SMILES string of the molecule is C[C@@H](O)c1cccc(-c2cnn(CCC(=O)O)c2)c1. The molecule has 0 amide bonds. The highest BCUT2D eigenvalue weighted by Crippen LogP contribution is 2.22. The number of aryl methyl sites for hydroxylation is 1. The van der Waals surface area contributed by atoms with E-state index in [0.717, 1.165) is 16.7 Å². The molecule has 0 bridgehead atoms. The van der Waals surface area contributed by atoms with Crippen LogP contribution in [0.15, 0.2) is 36.7 Å². The lowest BCUT2D eigenvalue weighted by molar-refractivity contribution is -0.137. The maximum atomic E-state index is 10.5. The van der Waals surface area contributed by atoms with Gasteiger partial charge in [0.25, 0.3) is 0 Å². The molecule has 2 N–H and O–H groups in total. The van der Waals surface area contributed by atoms with Crippen molar-refractivity contribution in [3.05, 3.63) is 42.2 Å². The average Bonchev–Trinajstić information content (AvgIpc) is 2.85. The molecule has 0 aliphatic rings. The van der Waals surface area contributed by atoms with Gasteiger partial charge in [0.05, 0.1) is 25.3 Å². The quantitative estimate of drug-likeness (QED) is 0.863. The van der Waals surface area contributed by atoms with Gasteiger partial charge < -0.3 is 10.2 Å². The van der Waals surface area contributed by atoms with E-state index in [9.17, 15) is 9.90 Å². The summed E-state index contributed by atoms with van der Waals surface area (Å²) in [5.74, 6) is -0.840. The molecule has 0 fully saturated rings. The summed E-state index contributed by atoms with van der Waals surface area (Å²) in [7, 11) is 0. The third kappa shape index (κ3) is 3.42. The van der Waals surface area contributed by atoms with Crippen LogP contribution in [0.1, 0.15) is 25.0 Å². The molecule has 0 saturated heterocycles. The minimum Gasteiger partial charge on any atom is -0.481 e. The summed E-state index contributed by atoms with van der Waals surface area (Å²) in [5.41, 5.74) is 2.71. The maximum Gasteiger partial charge on any atom is 0.305 e. The van der Waals surface area contributed by atoms with Crippen LogP contribution in [0.25, 0.3) is 11.1 Å². The Bertz CT molecular complexity index is 576. The normalized spacial score (nSPS) is 12.3. The number of aliphatic hydroxyl groups is 1. The van der Waals surface area contributed by atoms with Gasteiger partial charge in [-0.05, 0) is 24.1 Å². The van der Waals surface area contributed by atoms with Gasteiger partial charge in [0.15, 0.2) is 0 Å². The molecule has 0 spiro atoms. The van der Waals surface area contributed by atoms with E-state index in [0.29, 0.717) is 6.54 Å². The van der Waals surface area contributed by atoms with Gasteiger partial charge in [-0.2, -0.15) is 5.10 Å². The fraction of sp³-hybridized carbons (Fsp3) is 0.286. The number of nitrogens with zero attached hydrogens (tertiary/aromatic N) is 2. The number of hydrogen-bond donors (Lipinski definition) is 2. The highest BCUT2D eigenvalue weighted by Gasteiger charge is 2.06. The molecule has 5 nitrogen and oxygen atoms in total. The predicted octanol–water partition coefficient (Wildman–Crippen LogP) is 2.08. The largest absolute Gasteiger partial charge is 0.481 e. The number of carboxylic acid groups (broad SMARTS) is 1. The number of aromatic nitrogens is 2. The molecule has 0 radical (unpaired) electrons. The number of carboxylic acids is 1. The van der Waals surface area contributed by atoms with Crippen molar-refractivity contribution < 1.29 is 15.0 Å². The summed E-state index contributed by atoms with van der Waals surface area (Å²) in [6.45, 7) is 2.07. The van der Waals surface area contributed by atoms with Crippen LogP contribution < -0.4 is 0 Å². The van der Waals surface area contributed by atoms with Gasteiger partial charge in [-0.25, -0.2) is 0 Å². The van der Waals surface area contributed by atoms with Crippen molar-refractivity contribution in [2.45, 2.75) is 26.0 Å². The van der Waals surface area contributed by atoms with E-state index in [4.69, 9.17) is 5.11 Å². The molecular weight excluding hydrogens is 244 g/mol. The van der Waals surface area contributed by atoms with E-state index in [1.165, 1.54) is 0 Å². The number of aliphatic carboxylic acids is 1. The molecule has 19 heavy (non-hydrogen) atoms. The van der Waals surface area contributed by atoms with Crippen molar-refractivity contribution in [1.29, 1.82) is 0 Å². The minimum atomic E-state index is -0.840. The molecule has 2 rings (SSSR count). The van der Waals surface area contributed by atoms with E-state index in [1.54, 1.807) is 17.8 Å². The van der Waals surface area contributed by atoms with Gasteiger partial charge in [0.1, 0.15) is 0 Å². The van der Waals surface area contributed by atoms with Crippen LogP contribution in [0.3, 0.4) is 0 Å². The Morgan fingerprint density at radius 2 is 2.21 bits per heavy atom. The third-order valence-corrected chi connectivity index (χ3v) is 2.89. The number of carbonyl (C=O) groups is 1. The summed E-state index contributed by atoms with van der Waals surface area (Å²) < 4.78 is 1.61. The fourth-order valence-corrected chi connectivity index (χ4v) is 1.82. The van der Waals surface area contributed by atoms with E-state index in [2.05, 4.69) is 5.10 Å². The van der Waals surface area contributed by atoms with E-state index in [1.807, 2.05) is 30.5 Å². The lowest BCUT2D eigenvalue weighted by Gasteiger charge is -2.06. The number of rotatable bonds is 5. The molecule has 1 atom stereocenters. The Hall–Kier alpha value is -2.14. The average molecular weight is 260 g/mol. The van der Waals surface area contributed by atoms with Gasteiger partial charge in [0, 0.05) is 11.8 Å². The van der Waals surface area contributed by atoms with Crippen LogP contribution in [0, 0.1) is 0 Å². The summed E-state index contributed by atoms with van der Waals surface area (Å²) in [4.78, 5) is 10.5. The zero-order valence-corrected chi connectivity index (χ0v) is 10.7. The van der Waals surface area contributed by atoms with Crippen molar-refractivity contribution in [2.75, 3.05) is 0 Å². The lowest BCUT2D eigenvalue weighted by Crippen LogP contribution is -2.04. The molecule has 0 unspecified atom stereocenters. The van der Waals surface area contributed by atoms with Crippen LogP contribution in [0.5, 0.6) is 0 Å². The Balaban J connectivity index is 2.18. The monoisotopic (exact) mass is 260 g/mol. The number of aliphatic hydroxyl groups excluding tert-OH is 1. The highest BCUT2D eigenvalue weighted by molar-refractivity contribution is 5.66. The van der Waals surface area contributed by atoms with E-state index < -0.39 is 12.1 Å². The number of benzene rings is 1. The highest BCUT2D eigenvalue weighted by atomic mass is 16.4. The zero-order valence-electron chi connectivity index (χ0n) is 10.7.